The fourth-order valence-corrected chi connectivity index (χ4v) is 10.5. The van der Waals surface area contributed by atoms with E-state index in [1.807, 2.05) is 55.4 Å². The monoisotopic (exact) mass is 1420 g/mol. The summed E-state index contributed by atoms with van der Waals surface area (Å²) in [7, 11) is 3.12. The van der Waals surface area contributed by atoms with E-state index < -0.39 is 51.9 Å². The Kier molecular flexibility index (Phi) is 32.4. The third kappa shape index (κ3) is 29.2. The van der Waals surface area contributed by atoms with Crippen molar-refractivity contribution in [1.29, 1.82) is 0 Å². The quantitative estimate of drug-likeness (QED) is 0.127. The van der Waals surface area contributed by atoms with Gasteiger partial charge in [-0.25, -0.2) is 26.8 Å². The Bertz CT molecular complexity index is 3700. The zero-order valence-corrected chi connectivity index (χ0v) is 63.4. The number of ether oxygens (including phenoxy) is 3. The van der Waals surface area contributed by atoms with Gasteiger partial charge in [0.15, 0.2) is 5.69 Å². The van der Waals surface area contributed by atoms with Crippen LogP contribution < -0.4 is 14.2 Å². The zero-order valence-electron chi connectivity index (χ0n) is 63.4. The number of rotatable bonds is 5. The predicted octanol–water partition coefficient (Wildman–Crippen LogP) is 26.9. The molecule has 0 bridgehead atoms. The summed E-state index contributed by atoms with van der Waals surface area (Å²) in [5.74, 6) is 0.180. The molecule has 0 saturated carbocycles. The van der Waals surface area contributed by atoms with Crippen LogP contribution in [-0.2, 0) is 62.9 Å². The van der Waals surface area contributed by atoms with E-state index in [-0.39, 0.29) is 67.6 Å². The van der Waals surface area contributed by atoms with Gasteiger partial charge >= 0.3 is 18.5 Å². The van der Waals surface area contributed by atoms with Crippen LogP contribution in [0.3, 0.4) is 0 Å². The molecule has 7 aromatic carbocycles. The molecule has 18 heteroatoms. The minimum absolute atomic E-state index is 0.0148. The first-order chi connectivity index (χ1) is 45.1. The lowest BCUT2D eigenvalue weighted by Gasteiger charge is -2.25. The van der Waals surface area contributed by atoms with Gasteiger partial charge in [-0.2, -0.15) is 39.5 Å². The Labute approximate surface area is 587 Å². The lowest BCUT2D eigenvalue weighted by molar-refractivity contribution is -0.142. The first kappa shape index (κ1) is 90.5. The molecule has 7 rings (SSSR count). The molecule has 0 aliphatic heterocycles. The van der Waals surface area contributed by atoms with Crippen molar-refractivity contribution in [3.63, 3.8) is 0 Å². The molecule has 7 aromatic rings. The Morgan fingerprint density at radius 1 is 0.370 bits per heavy atom. The maximum absolute atomic E-state index is 13.5. The van der Waals surface area contributed by atoms with Gasteiger partial charge in [-0.3, -0.25) is 0 Å². The lowest BCUT2D eigenvalue weighted by Crippen LogP contribution is -2.21. The summed E-state index contributed by atoms with van der Waals surface area (Å²) in [6.07, 6.45) is -12.5. The Morgan fingerprint density at radius 3 is 1.08 bits per heavy atom. The average molecular weight is 1420 g/mol. The van der Waals surface area contributed by atoms with E-state index in [4.69, 9.17) is 20.8 Å². The number of methoxy groups -OCH3 is 2. The molecular formula is C82H105F14NO3. The van der Waals surface area contributed by atoms with Crippen molar-refractivity contribution in [1.82, 2.24) is 0 Å². The van der Waals surface area contributed by atoms with Gasteiger partial charge in [0.2, 0.25) is 0 Å². The van der Waals surface area contributed by atoms with Crippen LogP contribution in [0.25, 0.3) is 4.85 Å². The van der Waals surface area contributed by atoms with Crippen LogP contribution in [0.1, 0.15) is 233 Å². The molecule has 0 amide bonds. The minimum Gasteiger partial charge on any atom is -0.496 e. The van der Waals surface area contributed by atoms with E-state index >= 15 is 0 Å². The first-order valence-corrected chi connectivity index (χ1v) is 32.7. The molecule has 0 fully saturated rings. The summed E-state index contributed by atoms with van der Waals surface area (Å²) in [4.78, 5) is 3.31. The highest BCUT2D eigenvalue weighted by molar-refractivity contribution is 5.55. The van der Waals surface area contributed by atoms with Gasteiger partial charge in [0.25, 0.3) is 0 Å². The molecule has 0 radical (unpaired) electrons. The maximum atomic E-state index is 13.5. The molecule has 0 aliphatic rings. The number of hydrogen-bond donors (Lipinski definition) is 0. The highest BCUT2D eigenvalue weighted by Crippen LogP contribution is 2.43. The molecule has 0 heterocycles. The minimum atomic E-state index is -4.66. The number of nitrogens with zero attached hydrogens (tertiary/aromatic N) is 1. The van der Waals surface area contributed by atoms with Crippen molar-refractivity contribution >= 4 is 5.69 Å². The summed E-state index contributed by atoms with van der Waals surface area (Å²) < 4.78 is 194. The van der Waals surface area contributed by atoms with Crippen molar-refractivity contribution in [2.75, 3.05) is 14.2 Å². The standard InChI is InChI=1S/C13H19FO.C13H20.C12H12F6.C11H12F4.C11H12FN.2C11H15FO/c1-9(2)15-12-8-10(14)6-7-11(12)13(3,4)5;1-6-11-9-7-8-10(2)12(11)13(3,4)5;1-10(2,3)9-6-7(11(13,14)15)4-5-8(9)12(16,17)18;1-10(2,3)9-6-7(12)4-5-8(9)11(13,14)15;2*1-11(2,3)9-6-5-8(12)7-10(9)13-4;1-11(2,3)10-8(12)6-5-7-9(10)13-4/h6-9H,1-5H3;7-9H,6H2,1-5H3;4-6H,1-3H3;4-6H,1-3H3;5-7H,1-3H3;2*5-7H,1-4H3. The third-order valence-electron chi connectivity index (χ3n) is 15.0. The number of alkyl halides is 9. The third-order valence-corrected chi connectivity index (χ3v) is 15.0. The number of hydrogen-bond acceptors (Lipinski definition) is 3. The SMILES string of the molecule is CC(C)(C)c1cc(C(F)(F)F)ccc1C(F)(F)F.CC(C)(C)c1cc(F)ccc1C(F)(F)F.CC(C)Oc1cc(F)ccc1C(C)(C)C.CCc1cccc(C)c1C(C)(C)C.COc1cc(F)ccc1C(C)(C)C.COc1cccc(F)c1C(C)(C)C.[C-]#[N+]c1cc(F)ccc1C(C)(C)C. The molecule has 0 aromatic heterocycles. The van der Waals surface area contributed by atoms with E-state index in [0.717, 1.165) is 41.3 Å². The fraction of sp³-hybridized carbons (Fsp3) is 0.476. The highest BCUT2D eigenvalue weighted by atomic mass is 19.4. The molecule has 0 atom stereocenters. The molecule has 0 spiro atoms. The van der Waals surface area contributed by atoms with Crippen molar-refractivity contribution < 1.29 is 75.7 Å². The van der Waals surface area contributed by atoms with E-state index in [1.54, 1.807) is 65.3 Å². The lowest BCUT2D eigenvalue weighted by atomic mass is 9.80. The maximum Gasteiger partial charge on any atom is 0.416 e. The van der Waals surface area contributed by atoms with Crippen molar-refractivity contribution in [2.24, 2.45) is 0 Å². The van der Waals surface area contributed by atoms with Crippen LogP contribution in [-0.4, -0.2) is 20.3 Å². The van der Waals surface area contributed by atoms with Crippen LogP contribution in [0, 0.1) is 42.6 Å². The van der Waals surface area contributed by atoms with E-state index in [9.17, 15) is 61.5 Å². The van der Waals surface area contributed by atoms with Crippen LogP contribution in [0.4, 0.5) is 67.2 Å². The number of benzene rings is 7. The zero-order chi connectivity index (χ0) is 78.1. The molecule has 0 saturated heterocycles. The van der Waals surface area contributed by atoms with E-state index in [2.05, 4.69) is 99.2 Å². The van der Waals surface area contributed by atoms with Gasteiger partial charge in [-0.15, -0.1) is 0 Å². The van der Waals surface area contributed by atoms with Gasteiger partial charge < -0.3 is 14.2 Å². The molecule has 4 nitrogen and oxygen atoms in total. The number of halogens is 14. The topological polar surface area (TPSA) is 32.1 Å². The van der Waals surface area contributed by atoms with Gasteiger partial charge in [0, 0.05) is 17.7 Å². The Balaban J connectivity index is 0.000000585. The van der Waals surface area contributed by atoms with Crippen LogP contribution in [0.15, 0.2) is 127 Å². The van der Waals surface area contributed by atoms with Crippen LogP contribution in [0.2, 0.25) is 0 Å². The summed E-state index contributed by atoms with van der Waals surface area (Å²) in [5.41, 5.74) is 3.36. The smallest absolute Gasteiger partial charge is 0.416 e. The van der Waals surface area contributed by atoms with Gasteiger partial charge in [0.05, 0.1) is 43.6 Å². The largest absolute Gasteiger partial charge is 0.496 e. The predicted molar refractivity (Wildman–Crippen MR) is 380 cm³/mol. The first-order valence-electron chi connectivity index (χ1n) is 32.7. The molecule has 0 aliphatic carbocycles. The van der Waals surface area contributed by atoms with Gasteiger partial charge in [0.1, 0.15) is 46.3 Å². The van der Waals surface area contributed by atoms with Crippen LogP contribution >= 0.6 is 0 Å². The average Bonchev–Trinajstić information content (AvgIpc) is 0.795. The molecular weight excluding hydrogens is 1310 g/mol. The number of aryl methyl sites for hydroxylation is 2. The summed E-state index contributed by atoms with van der Waals surface area (Å²) in [6.45, 7) is 55.7. The van der Waals surface area contributed by atoms with Crippen molar-refractivity contribution in [3.05, 3.63) is 235 Å². The second-order valence-electron chi connectivity index (χ2n) is 31.4. The van der Waals surface area contributed by atoms with Crippen LogP contribution in [0.5, 0.6) is 17.2 Å². The second-order valence-corrected chi connectivity index (χ2v) is 31.4. The molecule has 554 valence electrons. The van der Waals surface area contributed by atoms with Gasteiger partial charge in [-0.05, 0) is 182 Å². The van der Waals surface area contributed by atoms with Gasteiger partial charge in [-0.1, -0.05) is 195 Å². The Hall–Kier alpha value is -7.55. The molecule has 100 heavy (non-hydrogen) atoms. The second kappa shape index (κ2) is 35.9. The normalized spacial score (nSPS) is 12.2. The molecule has 0 unspecified atom stereocenters. The van der Waals surface area contributed by atoms with Crippen molar-refractivity contribution in [3.8, 4) is 17.2 Å². The summed E-state index contributed by atoms with van der Waals surface area (Å²) in [5, 5.41) is 0. The summed E-state index contributed by atoms with van der Waals surface area (Å²) in [6, 6.07) is 29.3. The summed E-state index contributed by atoms with van der Waals surface area (Å²) >= 11 is 0. The Morgan fingerprint density at radius 2 is 0.730 bits per heavy atom. The fourth-order valence-electron chi connectivity index (χ4n) is 10.5. The van der Waals surface area contributed by atoms with E-state index in [1.165, 1.54) is 79.9 Å². The molecule has 0 N–H and O–H groups in total. The highest BCUT2D eigenvalue weighted by Gasteiger charge is 2.40. The van der Waals surface area contributed by atoms with E-state index in [0.29, 0.717) is 46.7 Å². The van der Waals surface area contributed by atoms with Crippen molar-refractivity contribution in [2.45, 2.75) is 242 Å².